The van der Waals surface area contributed by atoms with Gasteiger partial charge in [0.1, 0.15) is 11.8 Å². The number of carbonyl (C=O) groups is 3. The van der Waals surface area contributed by atoms with Crippen molar-refractivity contribution < 1.29 is 14.4 Å². The van der Waals surface area contributed by atoms with Crippen molar-refractivity contribution in [3.05, 3.63) is 35.9 Å². The first kappa shape index (κ1) is 26.8. The van der Waals surface area contributed by atoms with E-state index >= 15 is 0 Å². The fraction of sp³-hybridized carbons (Fsp3) is 0.625. The zero-order chi connectivity index (χ0) is 22.2. The summed E-state index contributed by atoms with van der Waals surface area (Å²) in [5.41, 5.74) is 1.16. The molecule has 164 valence electrons. The minimum absolute atomic E-state index is 0.0504. The zero-order valence-electron chi connectivity index (χ0n) is 19.2. The lowest BCUT2D eigenvalue weighted by molar-refractivity contribution is -0.138. The van der Waals surface area contributed by atoms with Crippen LogP contribution in [0.25, 0.3) is 0 Å². The molecule has 29 heavy (non-hydrogen) atoms. The van der Waals surface area contributed by atoms with Crippen LogP contribution >= 0.6 is 0 Å². The lowest BCUT2D eigenvalue weighted by Crippen LogP contribution is -2.44. The molecule has 5 heteroatoms. The summed E-state index contributed by atoms with van der Waals surface area (Å²) in [5.74, 6) is 0.998. The lowest BCUT2D eigenvalue weighted by atomic mass is 10.1. The Morgan fingerprint density at radius 2 is 1.72 bits per heavy atom. The third-order valence-corrected chi connectivity index (χ3v) is 4.67. The smallest absolute Gasteiger partial charge is 0.242 e. The Morgan fingerprint density at radius 3 is 2.21 bits per heavy atom. The maximum absolute atomic E-state index is 12.2. The van der Waals surface area contributed by atoms with Crippen LogP contribution in [-0.2, 0) is 20.8 Å². The van der Waals surface area contributed by atoms with E-state index in [2.05, 4.69) is 19.2 Å². The fourth-order valence-electron chi connectivity index (χ4n) is 3.04. The number of benzene rings is 1. The van der Waals surface area contributed by atoms with E-state index < -0.39 is 0 Å². The summed E-state index contributed by atoms with van der Waals surface area (Å²) >= 11 is 0. The van der Waals surface area contributed by atoms with Crippen LogP contribution in [0.15, 0.2) is 30.3 Å². The first-order valence-electron chi connectivity index (χ1n) is 10.9. The van der Waals surface area contributed by atoms with Crippen molar-refractivity contribution in [1.82, 2.24) is 10.2 Å². The highest BCUT2D eigenvalue weighted by molar-refractivity contribution is 5.88. The molecule has 1 atom stereocenters. The van der Waals surface area contributed by atoms with E-state index in [1.807, 2.05) is 44.2 Å². The number of nitrogens with zero attached hydrogens (tertiary/aromatic N) is 1. The number of nitrogens with one attached hydrogen (secondary N) is 1. The van der Waals surface area contributed by atoms with Crippen molar-refractivity contribution in [2.45, 2.75) is 79.2 Å². The maximum Gasteiger partial charge on any atom is 0.242 e. The molecule has 2 rings (SSSR count). The van der Waals surface area contributed by atoms with Gasteiger partial charge in [0.25, 0.3) is 0 Å². The molecule has 2 amide bonds. The standard InChI is InChI=1S/C15H20N2O2.C7H14O.C2H6/c1-16-15(19)13-8-5-11-17(13)14(18)10-9-12-6-3-2-4-7-12;1-6(2)4-5-7(3)8;1-2/h2-4,6-7,13H,5,8-11H2,1H3,(H,16,19);6H,4-5H2,1-3H3;1-2H3/t13-;;/m0../s1. The summed E-state index contributed by atoms with van der Waals surface area (Å²) < 4.78 is 0. The molecule has 0 spiro atoms. The fourth-order valence-corrected chi connectivity index (χ4v) is 3.04. The second kappa shape index (κ2) is 15.7. The van der Waals surface area contributed by atoms with Gasteiger partial charge in [0.15, 0.2) is 0 Å². The molecule has 1 aliphatic rings. The molecule has 0 aromatic heterocycles. The molecule has 0 unspecified atom stereocenters. The average Bonchev–Trinajstić information content (AvgIpc) is 3.22. The summed E-state index contributed by atoms with van der Waals surface area (Å²) in [6.07, 6.45) is 4.67. The van der Waals surface area contributed by atoms with Crippen LogP contribution in [-0.4, -0.2) is 42.1 Å². The summed E-state index contributed by atoms with van der Waals surface area (Å²) in [4.78, 5) is 36.0. The lowest BCUT2D eigenvalue weighted by Gasteiger charge is -2.23. The first-order chi connectivity index (χ1) is 13.8. The summed E-state index contributed by atoms with van der Waals surface area (Å²) in [6.45, 7) is 10.6. The van der Waals surface area contributed by atoms with Gasteiger partial charge in [0, 0.05) is 26.4 Å². The summed E-state index contributed by atoms with van der Waals surface area (Å²) in [5, 5.41) is 2.63. The van der Waals surface area contributed by atoms with Crippen LogP contribution in [0.1, 0.15) is 72.3 Å². The Labute approximate surface area is 177 Å². The van der Waals surface area contributed by atoms with Crippen LogP contribution in [0.2, 0.25) is 0 Å². The Kier molecular flexibility index (Phi) is 14.5. The molecule has 0 saturated carbocycles. The Balaban J connectivity index is 0.000000664. The Bertz CT molecular complexity index is 599. The highest BCUT2D eigenvalue weighted by atomic mass is 16.2. The van der Waals surface area contributed by atoms with Gasteiger partial charge in [-0.2, -0.15) is 0 Å². The van der Waals surface area contributed by atoms with Crippen LogP contribution in [0, 0.1) is 5.92 Å². The van der Waals surface area contributed by atoms with Crippen molar-refractivity contribution in [2.75, 3.05) is 13.6 Å². The minimum Gasteiger partial charge on any atom is -0.357 e. The third kappa shape index (κ3) is 11.4. The topological polar surface area (TPSA) is 66.5 Å². The molecular weight excluding hydrogens is 364 g/mol. The molecule has 1 aromatic carbocycles. The second-order valence-corrected chi connectivity index (χ2v) is 7.48. The zero-order valence-corrected chi connectivity index (χ0v) is 19.2. The number of likely N-dealkylation sites (tertiary alicyclic amines) is 1. The first-order valence-corrected chi connectivity index (χ1v) is 10.9. The van der Waals surface area contributed by atoms with E-state index in [0.717, 1.165) is 37.7 Å². The van der Waals surface area contributed by atoms with Gasteiger partial charge in [-0.3, -0.25) is 9.59 Å². The molecular formula is C24H40N2O3. The molecule has 0 bridgehead atoms. The maximum atomic E-state index is 12.2. The Morgan fingerprint density at radius 1 is 1.10 bits per heavy atom. The van der Waals surface area contributed by atoms with Gasteiger partial charge in [-0.25, -0.2) is 0 Å². The average molecular weight is 405 g/mol. The number of likely N-dealkylation sites (N-methyl/N-ethyl adjacent to an activating group) is 1. The van der Waals surface area contributed by atoms with Gasteiger partial charge >= 0.3 is 0 Å². The largest absolute Gasteiger partial charge is 0.357 e. The molecule has 5 nitrogen and oxygen atoms in total. The number of Topliss-reactive ketones (excluding diaryl/α,β-unsaturated/α-hetero) is 1. The van der Waals surface area contributed by atoms with E-state index in [1.165, 1.54) is 0 Å². The third-order valence-electron chi connectivity index (χ3n) is 4.67. The number of hydrogen-bond acceptors (Lipinski definition) is 3. The SMILES string of the molecule is CC.CC(=O)CCC(C)C.CNC(=O)[C@@H]1CCCN1C(=O)CCc1ccccc1. The monoisotopic (exact) mass is 404 g/mol. The number of ketones is 1. The predicted molar refractivity (Wildman–Crippen MR) is 120 cm³/mol. The summed E-state index contributed by atoms with van der Waals surface area (Å²) in [7, 11) is 1.62. The number of aryl methyl sites for hydroxylation is 1. The van der Waals surface area contributed by atoms with Gasteiger partial charge in [0.05, 0.1) is 0 Å². The van der Waals surface area contributed by atoms with Gasteiger partial charge in [0.2, 0.25) is 11.8 Å². The number of hydrogen-bond donors (Lipinski definition) is 1. The Hall–Kier alpha value is -2.17. The quantitative estimate of drug-likeness (QED) is 0.733. The van der Waals surface area contributed by atoms with Crippen molar-refractivity contribution in [3.8, 4) is 0 Å². The van der Waals surface area contributed by atoms with Crippen LogP contribution in [0.4, 0.5) is 0 Å². The van der Waals surface area contributed by atoms with E-state index in [1.54, 1.807) is 18.9 Å². The van der Waals surface area contributed by atoms with E-state index in [0.29, 0.717) is 24.7 Å². The van der Waals surface area contributed by atoms with Gasteiger partial charge in [-0.05, 0) is 44.1 Å². The molecule has 1 aliphatic heterocycles. The predicted octanol–water partition coefficient (Wildman–Crippen LogP) is 4.39. The van der Waals surface area contributed by atoms with Crippen molar-refractivity contribution in [3.63, 3.8) is 0 Å². The molecule has 1 N–H and O–H groups in total. The minimum atomic E-state index is -0.270. The normalized spacial score (nSPS) is 15.0. The van der Waals surface area contributed by atoms with Gasteiger partial charge in [-0.15, -0.1) is 0 Å². The number of carbonyl (C=O) groups excluding carboxylic acids is 3. The van der Waals surface area contributed by atoms with Crippen molar-refractivity contribution in [1.29, 1.82) is 0 Å². The molecule has 0 radical (unpaired) electrons. The second-order valence-electron chi connectivity index (χ2n) is 7.48. The molecule has 1 aromatic rings. The molecule has 1 fully saturated rings. The molecule has 0 aliphatic carbocycles. The van der Waals surface area contributed by atoms with E-state index in [-0.39, 0.29) is 17.9 Å². The van der Waals surface area contributed by atoms with Crippen molar-refractivity contribution in [2.24, 2.45) is 5.92 Å². The van der Waals surface area contributed by atoms with Crippen LogP contribution < -0.4 is 5.32 Å². The van der Waals surface area contributed by atoms with Crippen LogP contribution in [0.5, 0.6) is 0 Å². The van der Waals surface area contributed by atoms with E-state index in [4.69, 9.17) is 0 Å². The summed E-state index contributed by atoms with van der Waals surface area (Å²) in [6, 6.07) is 9.69. The van der Waals surface area contributed by atoms with Crippen molar-refractivity contribution >= 4 is 17.6 Å². The highest BCUT2D eigenvalue weighted by Crippen LogP contribution is 2.19. The van der Waals surface area contributed by atoms with Gasteiger partial charge in [-0.1, -0.05) is 58.0 Å². The van der Waals surface area contributed by atoms with Crippen LogP contribution in [0.3, 0.4) is 0 Å². The van der Waals surface area contributed by atoms with Gasteiger partial charge < -0.3 is 15.0 Å². The molecule has 1 heterocycles. The molecule has 1 saturated heterocycles. The highest BCUT2D eigenvalue weighted by Gasteiger charge is 2.32. The van der Waals surface area contributed by atoms with E-state index in [9.17, 15) is 14.4 Å². The number of amides is 2. The number of rotatable bonds is 7.